The van der Waals surface area contributed by atoms with E-state index in [1.807, 2.05) is 32.9 Å². The Morgan fingerprint density at radius 3 is 2.14 bits per heavy atom. The van der Waals surface area contributed by atoms with Gasteiger partial charge in [0, 0.05) is 38.4 Å². The van der Waals surface area contributed by atoms with Crippen molar-refractivity contribution in [2.24, 2.45) is 0 Å². The van der Waals surface area contributed by atoms with Gasteiger partial charge in [-0.1, -0.05) is 19.1 Å². The number of rotatable bonds is 5. The minimum Gasteiger partial charge on any atom is -0.389 e. The second-order valence-electron chi connectivity index (χ2n) is 6.59. The van der Waals surface area contributed by atoms with E-state index in [0.29, 0.717) is 0 Å². The molecule has 2 N–H and O–H groups in total. The van der Waals surface area contributed by atoms with Crippen molar-refractivity contribution in [1.29, 1.82) is 0 Å². The minimum atomic E-state index is -0.625. The Morgan fingerprint density at radius 2 is 1.67 bits per heavy atom. The molecule has 0 radical (unpaired) electrons. The molecular formula is C17H28N2O2. The summed E-state index contributed by atoms with van der Waals surface area (Å²) >= 11 is 0. The molecule has 0 amide bonds. The highest BCUT2D eigenvalue weighted by molar-refractivity contribution is 5.48. The van der Waals surface area contributed by atoms with E-state index in [2.05, 4.69) is 21.9 Å². The van der Waals surface area contributed by atoms with Gasteiger partial charge in [-0.2, -0.15) is 0 Å². The van der Waals surface area contributed by atoms with Crippen molar-refractivity contribution in [3.63, 3.8) is 0 Å². The fourth-order valence-electron chi connectivity index (χ4n) is 2.85. The van der Waals surface area contributed by atoms with Gasteiger partial charge in [0.1, 0.15) is 0 Å². The summed E-state index contributed by atoms with van der Waals surface area (Å²) < 4.78 is 0. The molecule has 1 aromatic rings. The first kappa shape index (κ1) is 16.3. The number of aliphatic hydroxyl groups is 2. The summed E-state index contributed by atoms with van der Waals surface area (Å²) in [5.74, 6) is 0. The van der Waals surface area contributed by atoms with Crippen molar-refractivity contribution in [3.05, 3.63) is 29.8 Å². The van der Waals surface area contributed by atoms with E-state index in [-0.39, 0.29) is 6.10 Å². The molecule has 1 heterocycles. The maximum Gasteiger partial charge on any atom is 0.0787 e. The van der Waals surface area contributed by atoms with Crippen molar-refractivity contribution < 1.29 is 10.2 Å². The van der Waals surface area contributed by atoms with Gasteiger partial charge in [0.2, 0.25) is 0 Å². The maximum absolute atomic E-state index is 9.88. The first-order valence-corrected chi connectivity index (χ1v) is 7.87. The van der Waals surface area contributed by atoms with Gasteiger partial charge in [0.25, 0.3) is 0 Å². The van der Waals surface area contributed by atoms with Crippen LogP contribution in [0, 0.1) is 0 Å². The predicted molar refractivity (Wildman–Crippen MR) is 86.6 cm³/mol. The number of piperazine rings is 1. The molecule has 4 heteroatoms. The number of anilines is 1. The highest BCUT2D eigenvalue weighted by atomic mass is 16.3. The first-order chi connectivity index (χ1) is 9.89. The molecule has 0 unspecified atom stereocenters. The highest BCUT2D eigenvalue weighted by Gasteiger charge is 2.22. The van der Waals surface area contributed by atoms with Crippen LogP contribution in [-0.4, -0.2) is 53.4 Å². The highest BCUT2D eigenvalue weighted by Crippen LogP contribution is 2.22. The number of aliphatic hydroxyl groups excluding tert-OH is 1. The van der Waals surface area contributed by atoms with Gasteiger partial charge in [-0.3, -0.25) is 4.90 Å². The Hall–Kier alpha value is -1.10. The molecule has 0 aliphatic carbocycles. The first-order valence-electron chi connectivity index (χ1n) is 7.87. The largest absolute Gasteiger partial charge is 0.389 e. The molecule has 1 saturated heterocycles. The Kier molecular flexibility index (Phi) is 5.25. The van der Waals surface area contributed by atoms with Crippen LogP contribution in [0.4, 0.5) is 5.69 Å². The van der Waals surface area contributed by atoms with E-state index in [1.54, 1.807) is 0 Å². The molecule has 4 nitrogen and oxygen atoms in total. The fourth-order valence-corrected chi connectivity index (χ4v) is 2.85. The zero-order valence-corrected chi connectivity index (χ0v) is 13.4. The van der Waals surface area contributed by atoms with Crippen LogP contribution in [0.1, 0.15) is 38.9 Å². The quantitative estimate of drug-likeness (QED) is 0.872. The van der Waals surface area contributed by atoms with Gasteiger partial charge in [0.05, 0.1) is 11.7 Å². The maximum atomic E-state index is 9.88. The smallest absolute Gasteiger partial charge is 0.0787 e. The third kappa shape index (κ3) is 4.70. The van der Waals surface area contributed by atoms with Crippen molar-refractivity contribution in [2.75, 3.05) is 37.6 Å². The SMILES string of the molecule is CC[C@H](O)c1ccc(N2CCN(CC(C)(C)O)CC2)cc1. The molecule has 1 atom stereocenters. The lowest BCUT2D eigenvalue weighted by molar-refractivity contribution is 0.0345. The van der Waals surface area contributed by atoms with Crippen molar-refractivity contribution in [2.45, 2.75) is 38.9 Å². The van der Waals surface area contributed by atoms with Gasteiger partial charge in [-0.05, 0) is 38.0 Å². The lowest BCUT2D eigenvalue weighted by Crippen LogP contribution is -2.50. The number of β-amino-alcohol motifs (C(OH)–C–C–N with tert-alkyl or cyclic N) is 1. The summed E-state index contributed by atoms with van der Waals surface area (Å²) in [4.78, 5) is 4.68. The number of hydrogen-bond acceptors (Lipinski definition) is 4. The molecule has 1 aromatic carbocycles. The number of nitrogens with zero attached hydrogens (tertiary/aromatic N) is 2. The Morgan fingerprint density at radius 1 is 1.10 bits per heavy atom. The Labute approximate surface area is 128 Å². The van der Waals surface area contributed by atoms with Gasteiger partial charge in [-0.25, -0.2) is 0 Å². The molecule has 0 aromatic heterocycles. The van der Waals surface area contributed by atoms with Gasteiger partial charge in [0.15, 0.2) is 0 Å². The molecule has 1 aliphatic heterocycles. The van der Waals surface area contributed by atoms with Crippen LogP contribution in [0.15, 0.2) is 24.3 Å². The number of hydrogen-bond donors (Lipinski definition) is 2. The Bertz CT molecular complexity index is 431. The van der Waals surface area contributed by atoms with E-state index in [0.717, 1.165) is 44.7 Å². The van der Waals surface area contributed by atoms with Crippen LogP contribution in [0.3, 0.4) is 0 Å². The summed E-state index contributed by atoms with van der Waals surface area (Å²) in [6.45, 7) is 10.3. The average Bonchev–Trinajstić information content (AvgIpc) is 2.46. The zero-order chi connectivity index (χ0) is 15.5. The topological polar surface area (TPSA) is 46.9 Å². The molecule has 118 valence electrons. The summed E-state index contributed by atoms with van der Waals surface area (Å²) in [6.07, 6.45) is 0.386. The van der Waals surface area contributed by atoms with Gasteiger partial charge in [-0.15, -0.1) is 0 Å². The summed E-state index contributed by atoms with van der Waals surface area (Å²) in [5.41, 5.74) is 1.58. The molecule has 0 spiro atoms. The van der Waals surface area contributed by atoms with Gasteiger partial charge >= 0.3 is 0 Å². The van der Waals surface area contributed by atoms with E-state index in [1.165, 1.54) is 5.69 Å². The molecule has 1 fully saturated rings. The van der Waals surface area contributed by atoms with E-state index in [9.17, 15) is 10.2 Å². The van der Waals surface area contributed by atoms with E-state index in [4.69, 9.17) is 0 Å². The van der Waals surface area contributed by atoms with Crippen LogP contribution >= 0.6 is 0 Å². The van der Waals surface area contributed by atoms with Crippen LogP contribution in [0.2, 0.25) is 0 Å². The van der Waals surface area contributed by atoms with Crippen LogP contribution in [-0.2, 0) is 0 Å². The summed E-state index contributed by atoms with van der Waals surface area (Å²) in [7, 11) is 0. The third-order valence-electron chi connectivity index (χ3n) is 4.01. The second-order valence-corrected chi connectivity index (χ2v) is 6.59. The normalized spacial score (nSPS) is 18.8. The van der Waals surface area contributed by atoms with E-state index < -0.39 is 5.60 Å². The van der Waals surface area contributed by atoms with Crippen molar-refractivity contribution >= 4 is 5.69 Å². The van der Waals surface area contributed by atoms with Crippen molar-refractivity contribution in [1.82, 2.24) is 4.90 Å². The number of benzene rings is 1. The van der Waals surface area contributed by atoms with Crippen molar-refractivity contribution in [3.8, 4) is 0 Å². The average molecular weight is 292 g/mol. The zero-order valence-electron chi connectivity index (χ0n) is 13.4. The van der Waals surface area contributed by atoms with E-state index >= 15 is 0 Å². The van der Waals surface area contributed by atoms with Crippen LogP contribution in [0.25, 0.3) is 0 Å². The Balaban J connectivity index is 1.90. The van der Waals surface area contributed by atoms with Gasteiger partial charge < -0.3 is 15.1 Å². The molecule has 0 saturated carbocycles. The standard InChI is InChI=1S/C17H28N2O2/c1-4-16(20)14-5-7-15(8-6-14)19-11-9-18(10-12-19)13-17(2,3)21/h5-8,16,20-21H,4,9-13H2,1-3H3/t16-/m0/s1. The minimum absolute atomic E-state index is 0.359. The second kappa shape index (κ2) is 6.77. The predicted octanol–water partition coefficient (Wildman–Crippen LogP) is 2.02. The molecular weight excluding hydrogens is 264 g/mol. The summed E-state index contributed by atoms with van der Waals surface area (Å²) in [5, 5.41) is 19.7. The third-order valence-corrected chi connectivity index (χ3v) is 4.01. The molecule has 0 bridgehead atoms. The summed E-state index contributed by atoms with van der Waals surface area (Å²) in [6, 6.07) is 8.24. The molecule has 21 heavy (non-hydrogen) atoms. The lowest BCUT2D eigenvalue weighted by Gasteiger charge is -2.38. The van der Waals surface area contributed by atoms with Crippen LogP contribution in [0.5, 0.6) is 0 Å². The van der Waals surface area contributed by atoms with Crippen LogP contribution < -0.4 is 4.90 Å². The lowest BCUT2D eigenvalue weighted by atomic mass is 10.1. The fraction of sp³-hybridized carbons (Fsp3) is 0.647. The monoisotopic (exact) mass is 292 g/mol. The molecule has 2 rings (SSSR count). The molecule has 1 aliphatic rings.